The van der Waals surface area contributed by atoms with Crippen molar-refractivity contribution in [3.8, 4) is 0 Å². The Morgan fingerprint density at radius 2 is 2.29 bits per heavy atom. The van der Waals surface area contributed by atoms with Gasteiger partial charge in [-0.3, -0.25) is 9.69 Å². The van der Waals surface area contributed by atoms with Crippen molar-refractivity contribution in [1.29, 1.82) is 0 Å². The van der Waals surface area contributed by atoms with E-state index in [1.54, 1.807) is 0 Å². The summed E-state index contributed by atoms with van der Waals surface area (Å²) in [5.74, 6) is 1.34. The molecule has 1 amide bonds. The highest BCUT2D eigenvalue weighted by Crippen LogP contribution is 2.28. The summed E-state index contributed by atoms with van der Waals surface area (Å²) in [6.45, 7) is 10.6. The number of nitrogens with zero attached hydrogens (tertiary/aromatic N) is 3. The van der Waals surface area contributed by atoms with Crippen LogP contribution in [0, 0.1) is 12.8 Å². The molecule has 0 radical (unpaired) electrons. The molecular weight excluding hydrogens is 214 g/mol. The van der Waals surface area contributed by atoms with E-state index in [4.69, 9.17) is 0 Å². The molecule has 0 aliphatic carbocycles. The van der Waals surface area contributed by atoms with Crippen LogP contribution in [0.15, 0.2) is 18.7 Å². The van der Waals surface area contributed by atoms with E-state index in [1.165, 1.54) is 0 Å². The molecule has 4 heteroatoms. The molecule has 0 aromatic carbocycles. The molecule has 1 atom stereocenters. The monoisotopic (exact) mass is 233 g/mol. The van der Waals surface area contributed by atoms with Crippen LogP contribution in [0.2, 0.25) is 0 Å². The van der Waals surface area contributed by atoms with Crippen LogP contribution in [0.4, 0.5) is 5.82 Å². The minimum absolute atomic E-state index is 0.164. The molecule has 1 fully saturated rings. The van der Waals surface area contributed by atoms with Crippen molar-refractivity contribution in [3.05, 3.63) is 24.4 Å². The molecule has 2 rings (SSSR count). The molecule has 1 aromatic heterocycles. The number of amides is 1. The second kappa shape index (κ2) is 4.35. The molecule has 0 saturated carbocycles. The average molecular weight is 233 g/mol. The summed E-state index contributed by atoms with van der Waals surface area (Å²) < 4.78 is 1.92. The molecular formula is C13H19N3O. The predicted octanol–water partition coefficient (Wildman–Crippen LogP) is 2.31. The van der Waals surface area contributed by atoms with E-state index in [2.05, 4.69) is 25.5 Å². The fourth-order valence-electron chi connectivity index (χ4n) is 2.20. The average Bonchev–Trinajstić information content (AvgIpc) is 2.81. The van der Waals surface area contributed by atoms with Crippen LogP contribution in [0.1, 0.15) is 32.0 Å². The smallest absolute Gasteiger partial charge is 0.228 e. The van der Waals surface area contributed by atoms with Crippen molar-refractivity contribution in [1.82, 2.24) is 9.78 Å². The molecule has 1 aliphatic heterocycles. The van der Waals surface area contributed by atoms with Crippen molar-refractivity contribution in [2.45, 2.75) is 33.2 Å². The maximum Gasteiger partial charge on any atom is 0.228 e. The van der Waals surface area contributed by atoms with Gasteiger partial charge in [-0.25, -0.2) is 4.68 Å². The molecule has 4 nitrogen and oxygen atoms in total. The SMILES string of the molecule is C=CC1CC(=O)N(c2cc(C)nn2C(C)C)C1. The van der Waals surface area contributed by atoms with Gasteiger partial charge in [-0.15, -0.1) is 6.58 Å². The zero-order valence-electron chi connectivity index (χ0n) is 10.7. The van der Waals surface area contributed by atoms with Crippen molar-refractivity contribution < 1.29 is 4.79 Å². The summed E-state index contributed by atoms with van der Waals surface area (Å²) in [5, 5.41) is 4.44. The van der Waals surface area contributed by atoms with Gasteiger partial charge in [0.2, 0.25) is 5.91 Å². The van der Waals surface area contributed by atoms with E-state index in [-0.39, 0.29) is 17.9 Å². The van der Waals surface area contributed by atoms with Gasteiger partial charge in [0, 0.05) is 31.0 Å². The summed E-state index contributed by atoms with van der Waals surface area (Å²) in [6, 6.07) is 2.23. The molecule has 0 N–H and O–H groups in total. The summed E-state index contributed by atoms with van der Waals surface area (Å²) in [5.41, 5.74) is 0.948. The van der Waals surface area contributed by atoms with Gasteiger partial charge in [-0.05, 0) is 20.8 Å². The topological polar surface area (TPSA) is 38.1 Å². The van der Waals surface area contributed by atoms with E-state index in [0.717, 1.165) is 18.1 Å². The van der Waals surface area contributed by atoms with Gasteiger partial charge in [0.05, 0.1) is 5.69 Å². The van der Waals surface area contributed by atoms with Crippen molar-refractivity contribution in [3.63, 3.8) is 0 Å². The van der Waals surface area contributed by atoms with Crippen LogP contribution >= 0.6 is 0 Å². The van der Waals surface area contributed by atoms with Crippen LogP contribution in [0.5, 0.6) is 0 Å². The molecule has 92 valence electrons. The van der Waals surface area contributed by atoms with E-state index in [9.17, 15) is 4.79 Å². The highest BCUT2D eigenvalue weighted by Gasteiger charge is 2.31. The fraction of sp³-hybridized carbons (Fsp3) is 0.538. The van der Waals surface area contributed by atoms with Crippen LogP contribution in [-0.2, 0) is 4.79 Å². The number of carbonyl (C=O) groups excluding carboxylic acids is 1. The van der Waals surface area contributed by atoms with Gasteiger partial charge in [0.15, 0.2) is 0 Å². The van der Waals surface area contributed by atoms with E-state index < -0.39 is 0 Å². The first-order valence-corrected chi connectivity index (χ1v) is 6.02. The van der Waals surface area contributed by atoms with Gasteiger partial charge in [-0.1, -0.05) is 6.08 Å². The largest absolute Gasteiger partial charge is 0.296 e. The lowest BCUT2D eigenvalue weighted by atomic mass is 10.1. The van der Waals surface area contributed by atoms with Gasteiger partial charge in [0.1, 0.15) is 5.82 Å². The highest BCUT2D eigenvalue weighted by atomic mass is 16.2. The third-order valence-electron chi connectivity index (χ3n) is 3.09. The number of aromatic nitrogens is 2. The van der Waals surface area contributed by atoms with Crippen LogP contribution in [-0.4, -0.2) is 22.2 Å². The Kier molecular flexibility index (Phi) is 3.05. The number of carbonyl (C=O) groups is 1. The van der Waals surface area contributed by atoms with Crippen LogP contribution in [0.3, 0.4) is 0 Å². The predicted molar refractivity (Wildman–Crippen MR) is 68.0 cm³/mol. The number of hydrogen-bond acceptors (Lipinski definition) is 2. The van der Waals surface area contributed by atoms with Crippen LogP contribution in [0.25, 0.3) is 0 Å². The second-order valence-electron chi connectivity index (χ2n) is 4.89. The Hall–Kier alpha value is -1.58. The lowest BCUT2D eigenvalue weighted by molar-refractivity contribution is -0.117. The first-order chi connectivity index (χ1) is 8.02. The maximum atomic E-state index is 12.0. The first kappa shape index (κ1) is 11.9. The highest BCUT2D eigenvalue weighted by molar-refractivity contribution is 5.95. The van der Waals surface area contributed by atoms with Crippen molar-refractivity contribution in [2.75, 3.05) is 11.4 Å². The van der Waals surface area contributed by atoms with E-state index >= 15 is 0 Å². The van der Waals surface area contributed by atoms with Crippen LogP contribution < -0.4 is 4.90 Å². The van der Waals surface area contributed by atoms with Gasteiger partial charge >= 0.3 is 0 Å². The van der Waals surface area contributed by atoms with Gasteiger partial charge in [0.25, 0.3) is 0 Å². The maximum absolute atomic E-state index is 12.0. The Bertz CT molecular complexity index is 448. The molecule has 2 heterocycles. The fourth-order valence-corrected chi connectivity index (χ4v) is 2.20. The Labute approximate surface area is 102 Å². The summed E-state index contributed by atoms with van der Waals surface area (Å²) in [4.78, 5) is 13.8. The number of anilines is 1. The number of hydrogen-bond donors (Lipinski definition) is 0. The van der Waals surface area contributed by atoms with Crippen molar-refractivity contribution in [2.24, 2.45) is 5.92 Å². The second-order valence-corrected chi connectivity index (χ2v) is 4.89. The summed E-state index contributed by atoms with van der Waals surface area (Å²) >= 11 is 0. The van der Waals surface area contributed by atoms with E-state index in [1.807, 2.05) is 28.6 Å². The lowest BCUT2D eigenvalue weighted by Gasteiger charge is -2.19. The Morgan fingerprint density at radius 3 is 2.82 bits per heavy atom. The normalized spacial score (nSPS) is 20.4. The summed E-state index contributed by atoms with van der Waals surface area (Å²) in [7, 11) is 0. The Balaban J connectivity index is 2.34. The van der Waals surface area contributed by atoms with Crippen molar-refractivity contribution >= 4 is 11.7 Å². The molecule has 0 spiro atoms. The quantitative estimate of drug-likeness (QED) is 0.751. The number of rotatable bonds is 3. The third kappa shape index (κ3) is 2.12. The molecule has 0 bridgehead atoms. The molecule has 1 aliphatic rings. The molecule has 17 heavy (non-hydrogen) atoms. The van der Waals surface area contributed by atoms with Gasteiger partial charge in [-0.2, -0.15) is 5.10 Å². The first-order valence-electron chi connectivity index (χ1n) is 6.02. The lowest BCUT2D eigenvalue weighted by Crippen LogP contribution is -2.27. The summed E-state index contributed by atoms with van der Waals surface area (Å²) in [6.07, 6.45) is 2.42. The molecule has 1 aromatic rings. The zero-order chi connectivity index (χ0) is 12.6. The van der Waals surface area contributed by atoms with Gasteiger partial charge < -0.3 is 0 Å². The standard InChI is InChI=1S/C13H19N3O/c1-5-11-7-13(17)15(8-11)12-6-10(4)14-16(12)9(2)3/h5-6,9,11H,1,7-8H2,2-4H3. The zero-order valence-corrected chi connectivity index (χ0v) is 10.7. The van der Waals surface area contributed by atoms with E-state index in [0.29, 0.717) is 6.42 Å². The molecule has 1 unspecified atom stereocenters. The minimum atomic E-state index is 0.164. The third-order valence-corrected chi connectivity index (χ3v) is 3.09. The Morgan fingerprint density at radius 1 is 1.59 bits per heavy atom. The number of aryl methyl sites for hydroxylation is 1. The minimum Gasteiger partial charge on any atom is -0.296 e. The molecule has 1 saturated heterocycles.